The Bertz CT molecular complexity index is 1210. The summed E-state index contributed by atoms with van der Waals surface area (Å²) in [6, 6.07) is 19.8. The van der Waals surface area contributed by atoms with Crippen LogP contribution in [0.1, 0.15) is 33.4 Å². The second kappa shape index (κ2) is 8.10. The summed E-state index contributed by atoms with van der Waals surface area (Å²) in [5.41, 5.74) is 10.8. The van der Waals surface area contributed by atoms with E-state index in [-0.39, 0.29) is 11.4 Å². The van der Waals surface area contributed by atoms with Gasteiger partial charge in [-0.15, -0.1) is 0 Å². The fourth-order valence-electron chi connectivity index (χ4n) is 3.52. The minimum Gasteiger partial charge on any atom is -0.393 e. The van der Waals surface area contributed by atoms with E-state index in [2.05, 4.69) is 46.9 Å². The average Bonchev–Trinajstić information content (AvgIpc) is 3.16. The molecule has 0 aliphatic rings. The normalized spacial score (nSPS) is 12.2. The first kappa shape index (κ1) is 19.8. The smallest absolute Gasteiger partial charge is 0.267 e. The van der Waals surface area contributed by atoms with Crippen LogP contribution in [0.25, 0.3) is 22.0 Å². The molecule has 4 rings (SSSR count). The van der Waals surface area contributed by atoms with Crippen LogP contribution < -0.4 is 5.73 Å². The predicted octanol–water partition coefficient (Wildman–Crippen LogP) is 3.18. The van der Waals surface area contributed by atoms with Gasteiger partial charge in [0.1, 0.15) is 11.8 Å². The van der Waals surface area contributed by atoms with Crippen molar-refractivity contribution >= 4 is 16.8 Å². The molecule has 1 amide bonds. The molecule has 2 heterocycles. The number of hydrogen-bond donors (Lipinski definition) is 3. The molecular formula is C24H23N3O3. The highest BCUT2D eigenvalue weighted by Gasteiger charge is 2.15. The van der Waals surface area contributed by atoms with Gasteiger partial charge in [-0.3, -0.25) is 4.79 Å². The minimum atomic E-state index is -1.18. The van der Waals surface area contributed by atoms with Crippen LogP contribution in [-0.2, 0) is 6.54 Å². The zero-order chi connectivity index (χ0) is 21.3. The molecule has 4 N–H and O–H groups in total. The molecule has 0 saturated carbocycles. The van der Waals surface area contributed by atoms with E-state index in [4.69, 9.17) is 5.73 Å². The third-order valence-corrected chi connectivity index (χ3v) is 5.19. The first-order chi connectivity index (χ1) is 14.4. The highest BCUT2D eigenvalue weighted by molar-refractivity contribution is 5.93. The van der Waals surface area contributed by atoms with Gasteiger partial charge in [0.25, 0.3) is 5.91 Å². The quantitative estimate of drug-likeness (QED) is 0.462. The monoisotopic (exact) mass is 401 g/mol. The molecule has 6 heteroatoms. The third kappa shape index (κ3) is 3.96. The summed E-state index contributed by atoms with van der Waals surface area (Å²) in [4.78, 5) is 15.7. The Morgan fingerprint density at radius 3 is 2.53 bits per heavy atom. The van der Waals surface area contributed by atoms with E-state index < -0.39 is 18.6 Å². The number of hydrogen-bond acceptors (Lipinski definition) is 4. The van der Waals surface area contributed by atoms with Gasteiger partial charge in [-0.05, 0) is 53.9 Å². The summed E-state index contributed by atoms with van der Waals surface area (Å²) in [6.45, 7) is 2.36. The standard InChI is InChI=1S/C24H23N3O3/c1-15-2-4-16(5-3-15)13-27-9-8-18-10-17(6-7-22(18)27)19-11-20(23(29)14-28)26-21(12-19)24(25)30/h2-12,23,28-29H,13-14H2,1H3,(H2,25,30)/t23-/m0/s1. The van der Waals surface area contributed by atoms with E-state index >= 15 is 0 Å². The second-order valence-corrected chi connectivity index (χ2v) is 7.43. The third-order valence-electron chi connectivity index (χ3n) is 5.19. The number of pyridine rings is 1. The molecule has 1 atom stereocenters. The highest BCUT2D eigenvalue weighted by atomic mass is 16.3. The van der Waals surface area contributed by atoms with Gasteiger partial charge >= 0.3 is 0 Å². The maximum atomic E-state index is 11.7. The molecule has 0 aliphatic carbocycles. The molecule has 0 aliphatic heterocycles. The van der Waals surface area contributed by atoms with Gasteiger partial charge < -0.3 is 20.5 Å². The summed E-state index contributed by atoms with van der Waals surface area (Å²) in [7, 11) is 0. The molecule has 4 aromatic rings. The molecule has 0 unspecified atom stereocenters. The number of rotatable bonds is 6. The fourth-order valence-corrected chi connectivity index (χ4v) is 3.52. The molecule has 0 spiro atoms. The lowest BCUT2D eigenvalue weighted by molar-refractivity contribution is 0.0912. The molecule has 0 fully saturated rings. The minimum absolute atomic E-state index is 0.0482. The maximum Gasteiger partial charge on any atom is 0.267 e. The number of aromatic nitrogens is 2. The van der Waals surface area contributed by atoms with Gasteiger partial charge in [-0.25, -0.2) is 4.98 Å². The van der Waals surface area contributed by atoms with Crippen molar-refractivity contribution < 1.29 is 15.0 Å². The lowest BCUT2D eigenvalue weighted by Crippen LogP contribution is -2.16. The summed E-state index contributed by atoms with van der Waals surface area (Å²) < 4.78 is 2.19. The Morgan fingerprint density at radius 2 is 1.83 bits per heavy atom. The number of aliphatic hydroxyl groups excluding tert-OH is 2. The first-order valence-electron chi connectivity index (χ1n) is 9.70. The molecule has 6 nitrogen and oxygen atoms in total. The number of aryl methyl sites for hydroxylation is 1. The van der Waals surface area contributed by atoms with Crippen LogP contribution in [0.15, 0.2) is 66.9 Å². The summed E-state index contributed by atoms with van der Waals surface area (Å²) in [5.74, 6) is -0.687. The number of nitrogens with two attached hydrogens (primary N) is 1. The summed E-state index contributed by atoms with van der Waals surface area (Å²) in [6.07, 6.45) is 0.874. The van der Waals surface area contributed by atoms with Gasteiger partial charge in [0, 0.05) is 23.6 Å². The number of primary amides is 1. The number of fused-ring (bicyclic) bond motifs is 1. The predicted molar refractivity (Wildman–Crippen MR) is 116 cm³/mol. The zero-order valence-electron chi connectivity index (χ0n) is 16.6. The molecule has 2 aromatic heterocycles. The van der Waals surface area contributed by atoms with E-state index in [0.717, 1.165) is 23.0 Å². The molecule has 152 valence electrons. The van der Waals surface area contributed by atoms with E-state index in [1.807, 2.05) is 24.3 Å². The lowest BCUT2D eigenvalue weighted by Gasteiger charge is -2.12. The first-order valence-corrected chi connectivity index (χ1v) is 9.70. The van der Waals surface area contributed by atoms with Crippen LogP contribution in [0.2, 0.25) is 0 Å². The Balaban J connectivity index is 1.71. The van der Waals surface area contributed by atoms with Crippen molar-refractivity contribution in [1.29, 1.82) is 0 Å². The zero-order valence-corrected chi connectivity index (χ0v) is 16.6. The lowest BCUT2D eigenvalue weighted by atomic mass is 10.0. The van der Waals surface area contributed by atoms with Gasteiger partial charge in [0.2, 0.25) is 0 Å². The van der Waals surface area contributed by atoms with Gasteiger partial charge in [-0.2, -0.15) is 0 Å². The number of carbonyl (C=O) groups excluding carboxylic acids is 1. The van der Waals surface area contributed by atoms with Crippen LogP contribution in [0.4, 0.5) is 0 Å². The maximum absolute atomic E-state index is 11.7. The topological polar surface area (TPSA) is 101 Å². The van der Waals surface area contributed by atoms with E-state index in [1.54, 1.807) is 12.1 Å². The van der Waals surface area contributed by atoms with Crippen LogP contribution in [0.5, 0.6) is 0 Å². The van der Waals surface area contributed by atoms with Gasteiger partial charge in [-0.1, -0.05) is 35.9 Å². The van der Waals surface area contributed by atoms with Crippen molar-refractivity contribution in [3.63, 3.8) is 0 Å². The molecule has 0 saturated heterocycles. The van der Waals surface area contributed by atoms with E-state index in [1.165, 1.54) is 11.1 Å². The van der Waals surface area contributed by atoms with Crippen molar-refractivity contribution in [2.75, 3.05) is 6.61 Å². The van der Waals surface area contributed by atoms with Crippen LogP contribution in [-0.4, -0.2) is 32.3 Å². The highest BCUT2D eigenvalue weighted by Crippen LogP contribution is 2.28. The van der Waals surface area contributed by atoms with E-state index in [9.17, 15) is 15.0 Å². The fraction of sp³-hybridized carbons (Fsp3) is 0.167. The SMILES string of the molecule is Cc1ccc(Cn2ccc3cc(-c4cc(C(N)=O)nc([C@@H](O)CO)c4)ccc32)cc1. The van der Waals surface area contributed by atoms with Crippen molar-refractivity contribution in [2.24, 2.45) is 5.73 Å². The number of benzene rings is 2. The summed E-state index contributed by atoms with van der Waals surface area (Å²) in [5, 5.41) is 20.3. The Morgan fingerprint density at radius 1 is 1.07 bits per heavy atom. The largest absolute Gasteiger partial charge is 0.393 e. The Hall–Kier alpha value is -3.48. The summed E-state index contributed by atoms with van der Waals surface area (Å²) >= 11 is 0. The van der Waals surface area contributed by atoms with Crippen LogP contribution in [0.3, 0.4) is 0 Å². The van der Waals surface area contributed by atoms with Crippen molar-refractivity contribution in [3.05, 3.63) is 89.4 Å². The molecule has 30 heavy (non-hydrogen) atoms. The van der Waals surface area contributed by atoms with Crippen molar-refractivity contribution in [3.8, 4) is 11.1 Å². The number of amides is 1. The molecule has 2 aromatic carbocycles. The molecule has 0 radical (unpaired) electrons. The van der Waals surface area contributed by atoms with Crippen molar-refractivity contribution in [2.45, 2.75) is 19.6 Å². The average molecular weight is 401 g/mol. The van der Waals surface area contributed by atoms with Gasteiger partial charge in [0.05, 0.1) is 12.3 Å². The molecular weight excluding hydrogens is 378 g/mol. The van der Waals surface area contributed by atoms with E-state index in [0.29, 0.717) is 5.56 Å². The number of aliphatic hydroxyl groups is 2. The Labute approximate surface area is 174 Å². The number of nitrogens with zero attached hydrogens (tertiary/aromatic N) is 2. The Kier molecular flexibility index (Phi) is 5.35. The van der Waals surface area contributed by atoms with Crippen LogP contribution in [0, 0.1) is 6.92 Å². The van der Waals surface area contributed by atoms with Crippen LogP contribution >= 0.6 is 0 Å². The molecule has 0 bridgehead atoms. The van der Waals surface area contributed by atoms with Gasteiger partial charge in [0.15, 0.2) is 0 Å². The van der Waals surface area contributed by atoms with Crippen molar-refractivity contribution in [1.82, 2.24) is 9.55 Å². The number of carbonyl (C=O) groups is 1. The second-order valence-electron chi connectivity index (χ2n) is 7.43.